The molecule has 0 aromatic carbocycles. The molecule has 1 atom stereocenters. The van der Waals surface area contributed by atoms with Crippen LogP contribution in [0.1, 0.15) is 40.0 Å². The molecule has 0 aromatic rings. The standard InChI is InChI=1S/C10H22N2/c1-8(2)12(9(3)7-11)10-5-4-6-10/h8-10H,4-7,11H2,1-3H3. The minimum absolute atomic E-state index is 0.551. The lowest BCUT2D eigenvalue weighted by molar-refractivity contribution is 0.0591. The molecule has 1 saturated carbocycles. The van der Waals surface area contributed by atoms with Gasteiger partial charge in [-0.05, 0) is 33.6 Å². The van der Waals surface area contributed by atoms with E-state index in [0.717, 1.165) is 12.6 Å². The Bertz CT molecular complexity index is 125. The van der Waals surface area contributed by atoms with Crippen molar-refractivity contribution >= 4 is 0 Å². The van der Waals surface area contributed by atoms with Crippen LogP contribution in [-0.2, 0) is 0 Å². The fourth-order valence-corrected chi connectivity index (χ4v) is 2.10. The van der Waals surface area contributed by atoms with Crippen molar-refractivity contribution in [1.29, 1.82) is 0 Å². The Morgan fingerprint density at radius 3 is 2.17 bits per heavy atom. The first-order chi connectivity index (χ1) is 5.66. The molecule has 12 heavy (non-hydrogen) atoms. The van der Waals surface area contributed by atoms with Crippen LogP contribution in [0.2, 0.25) is 0 Å². The van der Waals surface area contributed by atoms with E-state index in [9.17, 15) is 0 Å². The molecule has 1 rings (SSSR count). The molecule has 1 fully saturated rings. The van der Waals surface area contributed by atoms with Crippen LogP contribution in [0.4, 0.5) is 0 Å². The molecular formula is C10H22N2. The van der Waals surface area contributed by atoms with Gasteiger partial charge in [-0.15, -0.1) is 0 Å². The van der Waals surface area contributed by atoms with Gasteiger partial charge in [0.25, 0.3) is 0 Å². The second-order valence-corrected chi connectivity index (χ2v) is 4.21. The molecule has 2 N–H and O–H groups in total. The number of hydrogen-bond donors (Lipinski definition) is 1. The third-order valence-electron chi connectivity index (χ3n) is 2.94. The zero-order chi connectivity index (χ0) is 9.14. The minimum Gasteiger partial charge on any atom is -0.329 e. The maximum atomic E-state index is 5.69. The Morgan fingerprint density at radius 1 is 1.33 bits per heavy atom. The molecule has 2 heteroatoms. The van der Waals surface area contributed by atoms with Gasteiger partial charge in [-0.2, -0.15) is 0 Å². The summed E-state index contributed by atoms with van der Waals surface area (Å²) in [7, 11) is 0. The Hall–Kier alpha value is -0.0800. The molecule has 0 heterocycles. The maximum absolute atomic E-state index is 5.69. The Kier molecular flexibility index (Phi) is 3.53. The fourth-order valence-electron chi connectivity index (χ4n) is 2.10. The summed E-state index contributed by atoms with van der Waals surface area (Å²) in [6.07, 6.45) is 4.16. The van der Waals surface area contributed by atoms with Crippen molar-refractivity contribution in [1.82, 2.24) is 4.90 Å². The van der Waals surface area contributed by atoms with Gasteiger partial charge in [-0.1, -0.05) is 6.42 Å². The van der Waals surface area contributed by atoms with Gasteiger partial charge >= 0.3 is 0 Å². The van der Waals surface area contributed by atoms with E-state index in [1.54, 1.807) is 0 Å². The summed E-state index contributed by atoms with van der Waals surface area (Å²) in [5, 5.41) is 0. The summed E-state index contributed by atoms with van der Waals surface area (Å²) >= 11 is 0. The number of rotatable bonds is 4. The number of nitrogens with zero attached hydrogens (tertiary/aromatic N) is 1. The van der Waals surface area contributed by atoms with Crippen LogP contribution in [0.5, 0.6) is 0 Å². The van der Waals surface area contributed by atoms with E-state index in [1.807, 2.05) is 0 Å². The van der Waals surface area contributed by atoms with E-state index in [0.29, 0.717) is 12.1 Å². The molecular weight excluding hydrogens is 148 g/mol. The molecule has 72 valence electrons. The van der Waals surface area contributed by atoms with Gasteiger partial charge in [0.05, 0.1) is 0 Å². The van der Waals surface area contributed by atoms with Gasteiger partial charge in [-0.3, -0.25) is 4.90 Å². The molecule has 2 nitrogen and oxygen atoms in total. The van der Waals surface area contributed by atoms with Crippen molar-refractivity contribution in [2.75, 3.05) is 6.54 Å². The molecule has 1 aliphatic rings. The first-order valence-electron chi connectivity index (χ1n) is 5.14. The predicted molar refractivity (Wildman–Crippen MR) is 53.1 cm³/mol. The van der Waals surface area contributed by atoms with Crippen molar-refractivity contribution in [3.63, 3.8) is 0 Å². The molecule has 0 radical (unpaired) electrons. The highest BCUT2D eigenvalue weighted by atomic mass is 15.2. The van der Waals surface area contributed by atoms with E-state index in [2.05, 4.69) is 25.7 Å². The van der Waals surface area contributed by atoms with Crippen LogP contribution >= 0.6 is 0 Å². The molecule has 0 aromatic heterocycles. The zero-order valence-electron chi connectivity index (χ0n) is 8.59. The van der Waals surface area contributed by atoms with Gasteiger partial charge in [0.2, 0.25) is 0 Å². The predicted octanol–water partition coefficient (Wildman–Crippen LogP) is 1.60. The summed E-state index contributed by atoms with van der Waals surface area (Å²) in [6.45, 7) is 7.56. The SMILES string of the molecule is CC(C)N(C(C)CN)C1CCC1. The summed E-state index contributed by atoms with van der Waals surface area (Å²) in [5.41, 5.74) is 5.69. The summed E-state index contributed by atoms with van der Waals surface area (Å²) in [5.74, 6) is 0. The van der Waals surface area contributed by atoms with Crippen LogP contribution in [0.25, 0.3) is 0 Å². The molecule has 0 spiro atoms. The first kappa shape index (κ1) is 10.0. The average Bonchev–Trinajstić information content (AvgIpc) is 1.94. The minimum atomic E-state index is 0.551. The van der Waals surface area contributed by atoms with E-state index in [-0.39, 0.29) is 0 Å². The third kappa shape index (κ3) is 1.99. The lowest BCUT2D eigenvalue weighted by Crippen LogP contribution is -2.51. The first-order valence-corrected chi connectivity index (χ1v) is 5.14. The van der Waals surface area contributed by atoms with E-state index < -0.39 is 0 Å². The quantitative estimate of drug-likeness (QED) is 0.694. The van der Waals surface area contributed by atoms with Gasteiger partial charge in [0, 0.05) is 24.7 Å². The van der Waals surface area contributed by atoms with Crippen molar-refractivity contribution in [3.8, 4) is 0 Å². The molecule has 0 saturated heterocycles. The largest absolute Gasteiger partial charge is 0.329 e. The number of hydrogen-bond acceptors (Lipinski definition) is 2. The summed E-state index contributed by atoms with van der Waals surface area (Å²) in [6, 6.07) is 2.02. The van der Waals surface area contributed by atoms with Gasteiger partial charge in [0.1, 0.15) is 0 Å². The normalized spacial score (nSPS) is 21.5. The van der Waals surface area contributed by atoms with Crippen LogP contribution < -0.4 is 5.73 Å². The molecule has 1 aliphatic carbocycles. The van der Waals surface area contributed by atoms with Crippen molar-refractivity contribution in [3.05, 3.63) is 0 Å². The highest BCUT2D eigenvalue weighted by Crippen LogP contribution is 2.27. The van der Waals surface area contributed by atoms with Crippen molar-refractivity contribution < 1.29 is 0 Å². The third-order valence-corrected chi connectivity index (χ3v) is 2.94. The lowest BCUT2D eigenvalue weighted by atomic mass is 9.89. The second kappa shape index (κ2) is 4.24. The average molecular weight is 170 g/mol. The molecule has 0 amide bonds. The molecule has 1 unspecified atom stereocenters. The smallest absolute Gasteiger partial charge is 0.0195 e. The fraction of sp³-hybridized carbons (Fsp3) is 1.00. The van der Waals surface area contributed by atoms with Crippen LogP contribution in [0, 0.1) is 0 Å². The summed E-state index contributed by atoms with van der Waals surface area (Å²) in [4.78, 5) is 2.57. The highest BCUT2D eigenvalue weighted by molar-refractivity contribution is 4.85. The van der Waals surface area contributed by atoms with E-state index in [4.69, 9.17) is 5.73 Å². The monoisotopic (exact) mass is 170 g/mol. The Morgan fingerprint density at radius 2 is 1.92 bits per heavy atom. The van der Waals surface area contributed by atoms with Crippen molar-refractivity contribution in [2.24, 2.45) is 5.73 Å². The second-order valence-electron chi connectivity index (χ2n) is 4.21. The maximum Gasteiger partial charge on any atom is 0.0195 e. The van der Waals surface area contributed by atoms with Crippen LogP contribution in [0.15, 0.2) is 0 Å². The lowest BCUT2D eigenvalue weighted by Gasteiger charge is -2.43. The molecule has 0 bridgehead atoms. The van der Waals surface area contributed by atoms with Crippen LogP contribution in [0.3, 0.4) is 0 Å². The molecule has 0 aliphatic heterocycles. The van der Waals surface area contributed by atoms with Gasteiger partial charge < -0.3 is 5.73 Å². The highest BCUT2D eigenvalue weighted by Gasteiger charge is 2.29. The zero-order valence-corrected chi connectivity index (χ0v) is 8.59. The van der Waals surface area contributed by atoms with Gasteiger partial charge in [0.15, 0.2) is 0 Å². The van der Waals surface area contributed by atoms with E-state index >= 15 is 0 Å². The number of nitrogens with two attached hydrogens (primary N) is 1. The Labute approximate surface area is 76.1 Å². The van der Waals surface area contributed by atoms with E-state index in [1.165, 1.54) is 19.3 Å². The Balaban J connectivity index is 2.47. The summed E-state index contributed by atoms with van der Waals surface area (Å²) < 4.78 is 0. The van der Waals surface area contributed by atoms with Gasteiger partial charge in [-0.25, -0.2) is 0 Å². The van der Waals surface area contributed by atoms with Crippen LogP contribution in [-0.4, -0.2) is 29.6 Å². The topological polar surface area (TPSA) is 29.3 Å². The van der Waals surface area contributed by atoms with Crippen molar-refractivity contribution in [2.45, 2.75) is 58.2 Å².